The Balaban J connectivity index is 3.56. The highest BCUT2D eigenvalue weighted by molar-refractivity contribution is 4.75. The number of nitrogens with one attached hydrogen (secondary N) is 1. The number of rotatable bonds is 6. The first-order valence-corrected chi connectivity index (χ1v) is 4.91. The van der Waals surface area contributed by atoms with Crippen molar-refractivity contribution in [1.82, 2.24) is 5.32 Å². The zero-order valence-corrected chi connectivity index (χ0v) is 8.85. The van der Waals surface area contributed by atoms with E-state index in [0.29, 0.717) is 12.5 Å². The average Bonchev–Trinajstić information content (AvgIpc) is 1.98. The fraction of sp³-hybridized carbons (Fsp3) is 1.00. The zero-order valence-electron chi connectivity index (χ0n) is 8.85. The van der Waals surface area contributed by atoms with Crippen molar-refractivity contribution in [2.45, 2.75) is 46.1 Å². The summed E-state index contributed by atoms with van der Waals surface area (Å²) >= 11 is 0. The van der Waals surface area contributed by atoms with Crippen LogP contribution in [0.1, 0.15) is 40.5 Å². The van der Waals surface area contributed by atoms with Gasteiger partial charge in [0.1, 0.15) is 0 Å². The summed E-state index contributed by atoms with van der Waals surface area (Å²) < 4.78 is 0. The van der Waals surface area contributed by atoms with Gasteiger partial charge in [-0.3, -0.25) is 0 Å². The van der Waals surface area contributed by atoms with E-state index in [0.717, 1.165) is 19.4 Å². The molecule has 12 heavy (non-hydrogen) atoms. The van der Waals surface area contributed by atoms with Crippen molar-refractivity contribution in [2.75, 3.05) is 13.1 Å². The van der Waals surface area contributed by atoms with Crippen molar-refractivity contribution in [3.8, 4) is 0 Å². The second kappa shape index (κ2) is 5.55. The SMILES string of the molecule is CCNCC(C)(O)CCC(C)C. The maximum Gasteiger partial charge on any atom is 0.0743 e. The third kappa shape index (κ3) is 6.62. The summed E-state index contributed by atoms with van der Waals surface area (Å²) in [5.74, 6) is 0.679. The number of hydrogen-bond acceptors (Lipinski definition) is 2. The van der Waals surface area contributed by atoms with E-state index in [9.17, 15) is 5.11 Å². The Bertz CT molecular complexity index is 110. The van der Waals surface area contributed by atoms with E-state index in [1.54, 1.807) is 0 Å². The van der Waals surface area contributed by atoms with Crippen LogP contribution in [-0.2, 0) is 0 Å². The largest absolute Gasteiger partial charge is 0.389 e. The minimum Gasteiger partial charge on any atom is -0.389 e. The van der Waals surface area contributed by atoms with Gasteiger partial charge in [-0.2, -0.15) is 0 Å². The Labute approximate surface area is 76.4 Å². The van der Waals surface area contributed by atoms with E-state index >= 15 is 0 Å². The monoisotopic (exact) mass is 173 g/mol. The molecule has 0 aliphatic carbocycles. The van der Waals surface area contributed by atoms with E-state index in [1.165, 1.54) is 0 Å². The summed E-state index contributed by atoms with van der Waals surface area (Å²) in [5, 5.41) is 13.0. The predicted molar refractivity (Wildman–Crippen MR) is 53.2 cm³/mol. The van der Waals surface area contributed by atoms with Gasteiger partial charge in [0.2, 0.25) is 0 Å². The summed E-state index contributed by atoms with van der Waals surface area (Å²) in [5.41, 5.74) is -0.527. The molecule has 0 amide bonds. The Morgan fingerprint density at radius 3 is 2.42 bits per heavy atom. The second-order valence-corrected chi connectivity index (χ2v) is 4.21. The average molecular weight is 173 g/mol. The highest BCUT2D eigenvalue weighted by Gasteiger charge is 2.19. The van der Waals surface area contributed by atoms with E-state index in [4.69, 9.17) is 0 Å². The van der Waals surface area contributed by atoms with E-state index < -0.39 is 5.60 Å². The molecule has 2 N–H and O–H groups in total. The Morgan fingerprint density at radius 2 is 2.00 bits per heavy atom. The predicted octanol–water partition coefficient (Wildman–Crippen LogP) is 1.78. The molecule has 1 atom stereocenters. The molecular weight excluding hydrogens is 150 g/mol. The first-order valence-electron chi connectivity index (χ1n) is 4.91. The maximum absolute atomic E-state index is 9.83. The van der Waals surface area contributed by atoms with E-state index in [-0.39, 0.29) is 0 Å². The molecule has 0 spiro atoms. The molecule has 0 saturated carbocycles. The molecule has 0 fully saturated rings. The van der Waals surface area contributed by atoms with Gasteiger partial charge in [0.25, 0.3) is 0 Å². The van der Waals surface area contributed by atoms with Gasteiger partial charge < -0.3 is 10.4 Å². The van der Waals surface area contributed by atoms with Gasteiger partial charge in [0.15, 0.2) is 0 Å². The van der Waals surface area contributed by atoms with Crippen molar-refractivity contribution in [1.29, 1.82) is 0 Å². The van der Waals surface area contributed by atoms with Crippen molar-refractivity contribution in [2.24, 2.45) is 5.92 Å². The summed E-state index contributed by atoms with van der Waals surface area (Å²) in [6.45, 7) is 9.96. The normalized spacial score (nSPS) is 16.5. The molecule has 1 unspecified atom stereocenters. The molecule has 0 aromatic rings. The minimum absolute atomic E-state index is 0.527. The van der Waals surface area contributed by atoms with Gasteiger partial charge >= 0.3 is 0 Å². The Hall–Kier alpha value is -0.0800. The smallest absolute Gasteiger partial charge is 0.0743 e. The first-order chi connectivity index (χ1) is 5.48. The summed E-state index contributed by atoms with van der Waals surface area (Å²) in [6, 6.07) is 0. The van der Waals surface area contributed by atoms with Gasteiger partial charge in [0.05, 0.1) is 5.60 Å². The van der Waals surface area contributed by atoms with E-state index in [1.807, 2.05) is 6.92 Å². The third-order valence-corrected chi connectivity index (χ3v) is 2.02. The summed E-state index contributed by atoms with van der Waals surface area (Å²) in [7, 11) is 0. The lowest BCUT2D eigenvalue weighted by Crippen LogP contribution is -2.37. The van der Waals surface area contributed by atoms with Crippen LogP contribution in [0.4, 0.5) is 0 Å². The zero-order chi connectivity index (χ0) is 9.61. The number of likely N-dealkylation sites (N-methyl/N-ethyl adjacent to an activating group) is 1. The lowest BCUT2D eigenvalue weighted by molar-refractivity contribution is 0.0459. The Morgan fingerprint density at radius 1 is 1.42 bits per heavy atom. The Kier molecular flexibility index (Phi) is 5.51. The molecule has 0 heterocycles. The van der Waals surface area contributed by atoms with Crippen LogP contribution in [0.15, 0.2) is 0 Å². The molecule has 0 saturated heterocycles. The third-order valence-electron chi connectivity index (χ3n) is 2.02. The molecular formula is C10H23NO. The van der Waals surface area contributed by atoms with Crippen LogP contribution in [0.5, 0.6) is 0 Å². The summed E-state index contributed by atoms with van der Waals surface area (Å²) in [4.78, 5) is 0. The molecule has 74 valence electrons. The van der Waals surface area contributed by atoms with Gasteiger partial charge in [-0.15, -0.1) is 0 Å². The van der Waals surface area contributed by atoms with Crippen LogP contribution in [0, 0.1) is 5.92 Å². The van der Waals surface area contributed by atoms with Gasteiger partial charge in [-0.25, -0.2) is 0 Å². The van der Waals surface area contributed by atoms with Crippen molar-refractivity contribution in [3.63, 3.8) is 0 Å². The van der Waals surface area contributed by atoms with Gasteiger partial charge in [0, 0.05) is 6.54 Å². The van der Waals surface area contributed by atoms with Crippen LogP contribution >= 0.6 is 0 Å². The molecule has 0 aromatic heterocycles. The second-order valence-electron chi connectivity index (χ2n) is 4.21. The first kappa shape index (κ1) is 11.9. The van der Waals surface area contributed by atoms with E-state index in [2.05, 4.69) is 26.1 Å². The maximum atomic E-state index is 9.83. The number of aliphatic hydroxyl groups is 1. The highest BCUT2D eigenvalue weighted by Crippen LogP contribution is 2.15. The molecule has 0 aliphatic heterocycles. The number of hydrogen-bond donors (Lipinski definition) is 2. The molecule has 2 nitrogen and oxygen atoms in total. The van der Waals surface area contributed by atoms with Crippen LogP contribution in [0.25, 0.3) is 0 Å². The standard InChI is InChI=1S/C10H23NO/c1-5-11-8-10(4,12)7-6-9(2)3/h9,11-12H,5-8H2,1-4H3. The molecule has 0 radical (unpaired) electrons. The lowest BCUT2D eigenvalue weighted by atomic mass is 9.95. The molecule has 0 aromatic carbocycles. The quantitative estimate of drug-likeness (QED) is 0.642. The molecule has 2 heteroatoms. The lowest BCUT2D eigenvalue weighted by Gasteiger charge is -2.24. The van der Waals surface area contributed by atoms with Crippen LogP contribution in [-0.4, -0.2) is 23.8 Å². The van der Waals surface area contributed by atoms with Gasteiger partial charge in [-0.05, 0) is 32.2 Å². The highest BCUT2D eigenvalue weighted by atomic mass is 16.3. The fourth-order valence-corrected chi connectivity index (χ4v) is 1.08. The van der Waals surface area contributed by atoms with Crippen molar-refractivity contribution in [3.05, 3.63) is 0 Å². The van der Waals surface area contributed by atoms with Crippen LogP contribution in [0.2, 0.25) is 0 Å². The summed E-state index contributed by atoms with van der Waals surface area (Å²) in [6.07, 6.45) is 1.98. The molecule has 0 bridgehead atoms. The topological polar surface area (TPSA) is 32.3 Å². The fourth-order valence-electron chi connectivity index (χ4n) is 1.08. The molecule has 0 rings (SSSR count). The van der Waals surface area contributed by atoms with Crippen LogP contribution in [0.3, 0.4) is 0 Å². The minimum atomic E-state index is -0.527. The van der Waals surface area contributed by atoms with Crippen molar-refractivity contribution >= 4 is 0 Å². The van der Waals surface area contributed by atoms with Crippen LogP contribution < -0.4 is 5.32 Å². The molecule has 0 aliphatic rings. The van der Waals surface area contributed by atoms with Crippen molar-refractivity contribution < 1.29 is 5.11 Å². The van der Waals surface area contributed by atoms with Gasteiger partial charge in [-0.1, -0.05) is 20.8 Å².